The van der Waals surface area contributed by atoms with Crippen molar-refractivity contribution in [3.05, 3.63) is 12.1 Å². The van der Waals surface area contributed by atoms with Gasteiger partial charge >= 0.3 is 0 Å². The molecular weight excluding hydrogens is 248 g/mol. The summed E-state index contributed by atoms with van der Waals surface area (Å²) in [5.41, 5.74) is 11.5. The fourth-order valence-electron chi connectivity index (χ4n) is 2.20. The van der Waals surface area contributed by atoms with Gasteiger partial charge in [-0.3, -0.25) is 4.79 Å². The number of hydrogen-bond donors (Lipinski definition) is 3. The number of anilines is 2. The second kappa shape index (κ2) is 5.75. The first-order valence-corrected chi connectivity index (χ1v) is 6.19. The second-order valence-corrected chi connectivity index (χ2v) is 4.39. The molecule has 0 aliphatic carbocycles. The van der Waals surface area contributed by atoms with Gasteiger partial charge in [-0.2, -0.15) is 4.98 Å². The van der Waals surface area contributed by atoms with Gasteiger partial charge in [0.05, 0.1) is 12.3 Å². The predicted molar refractivity (Wildman–Crippen MR) is 70.8 cm³/mol. The van der Waals surface area contributed by atoms with Gasteiger partial charge in [-0.25, -0.2) is 0 Å². The molecule has 1 aromatic rings. The van der Waals surface area contributed by atoms with Crippen molar-refractivity contribution >= 4 is 17.4 Å². The topological polar surface area (TPSA) is 115 Å². The molecule has 104 valence electrons. The molecule has 19 heavy (non-hydrogen) atoms. The third-order valence-electron chi connectivity index (χ3n) is 3.08. The van der Waals surface area contributed by atoms with Crippen molar-refractivity contribution in [2.75, 3.05) is 30.4 Å². The van der Waals surface area contributed by atoms with E-state index in [4.69, 9.17) is 21.3 Å². The van der Waals surface area contributed by atoms with E-state index in [1.165, 1.54) is 0 Å². The quantitative estimate of drug-likeness (QED) is 0.661. The fraction of sp³-hybridized carbons (Fsp3) is 0.500. The van der Waals surface area contributed by atoms with E-state index in [1.807, 2.05) is 4.90 Å². The van der Waals surface area contributed by atoms with E-state index in [-0.39, 0.29) is 31.0 Å². The van der Waals surface area contributed by atoms with Crippen molar-refractivity contribution in [2.24, 2.45) is 5.73 Å². The number of amides is 1. The molecule has 0 radical (unpaired) electrons. The Morgan fingerprint density at radius 3 is 3.05 bits per heavy atom. The summed E-state index contributed by atoms with van der Waals surface area (Å²) in [5, 5.41) is 8.75. The van der Waals surface area contributed by atoms with Gasteiger partial charge in [0.1, 0.15) is 18.5 Å². The second-order valence-electron chi connectivity index (χ2n) is 4.39. The lowest BCUT2D eigenvalue weighted by Gasteiger charge is -2.23. The Morgan fingerprint density at radius 2 is 2.37 bits per heavy atom. The molecule has 1 unspecified atom stereocenters. The number of aliphatic hydroxyl groups is 1. The summed E-state index contributed by atoms with van der Waals surface area (Å²) in [6.07, 6.45) is 1.63. The molecule has 1 saturated heterocycles. The van der Waals surface area contributed by atoms with Crippen molar-refractivity contribution in [3.63, 3.8) is 0 Å². The number of carbonyl (C=O) groups is 1. The predicted octanol–water partition coefficient (Wildman–Crippen LogP) is -0.511. The number of hydrogen-bond acceptors (Lipinski definition) is 6. The third kappa shape index (κ3) is 2.87. The number of nitrogens with zero attached hydrogens (tertiary/aromatic N) is 2. The normalized spacial score (nSPS) is 18.6. The highest BCUT2D eigenvalue weighted by atomic mass is 16.5. The highest BCUT2D eigenvalue weighted by molar-refractivity contribution is 5.84. The molecule has 5 N–H and O–H groups in total. The largest absolute Gasteiger partial charge is 0.474 e. The standard InChI is InChI=1S/C12H18N4O3/c13-8-3-4-10(15-12(8)19-7-6-17)16-5-1-2-9(16)11(14)18/h3-4,9,17H,1-2,5-7,13H2,(H2,14,18). The van der Waals surface area contributed by atoms with Crippen LogP contribution >= 0.6 is 0 Å². The molecule has 1 aliphatic heterocycles. The van der Waals surface area contributed by atoms with E-state index in [0.717, 1.165) is 19.4 Å². The first kappa shape index (κ1) is 13.4. The van der Waals surface area contributed by atoms with Gasteiger partial charge in [0, 0.05) is 6.54 Å². The van der Waals surface area contributed by atoms with Crippen molar-refractivity contribution in [1.29, 1.82) is 0 Å². The number of aromatic nitrogens is 1. The monoisotopic (exact) mass is 266 g/mol. The van der Waals surface area contributed by atoms with Gasteiger partial charge < -0.3 is 26.2 Å². The molecule has 1 amide bonds. The lowest BCUT2D eigenvalue weighted by molar-refractivity contribution is -0.119. The molecule has 2 rings (SSSR count). The van der Waals surface area contributed by atoms with E-state index in [9.17, 15) is 4.79 Å². The van der Waals surface area contributed by atoms with Crippen LogP contribution in [-0.4, -0.2) is 41.8 Å². The number of ether oxygens (including phenoxy) is 1. The van der Waals surface area contributed by atoms with Gasteiger partial charge in [-0.15, -0.1) is 0 Å². The smallest absolute Gasteiger partial charge is 0.240 e. The molecule has 1 aliphatic rings. The maximum atomic E-state index is 11.4. The summed E-state index contributed by atoms with van der Waals surface area (Å²) < 4.78 is 5.25. The van der Waals surface area contributed by atoms with E-state index >= 15 is 0 Å². The van der Waals surface area contributed by atoms with Crippen LogP contribution in [-0.2, 0) is 4.79 Å². The zero-order valence-corrected chi connectivity index (χ0v) is 10.6. The Balaban J connectivity index is 2.22. The summed E-state index contributed by atoms with van der Waals surface area (Å²) in [5.74, 6) is 0.527. The van der Waals surface area contributed by atoms with E-state index in [1.54, 1.807) is 12.1 Å². The molecule has 1 aromatic heterocycles. The van der Waals surface area contributed by atoms with Crippen molar-refractivity contribution in [3.8, 4) is 5.88 Å². The maximum Gasteiger partial charge on any atom is 0.240 e. The highest BCUT2D eigenvalue weighted by Crippen LogP contribution is 2.28. The summed E-state index contributed by atoms with van der Waals surface area (Å²) in [7, 11) is 0. The highest BCUT2D eigenvalue weighted by Gasteiger charge is 2.30. The number of nitrogen functional groups attached to an aromatic ring is 1. The molecular formula is C12H18N4O3. The lowest BCUT2D eigenvalue weighted by atomic mass is 10.2. The third-order valence-corrected chi connectivity index (χ3v) is 3.08. The molecule has 0 bridgehead atoms. The van der Waals surface area contributed by atoms with E-state index in [0.29, 0.717) is 11.5 Å². The van der Waals surface area contributed by atoms with Crippen molar-refractivity contribution in [1.82, 2.24) is 4.98 Å². The fourth-order valence-corrected chi connectivity index (χ4v) is 2.20. The zero-order chi connectivity index (χ0) is 13.8. The Hall–Kier alpha value is -2.02. The minimum absolute atomic E-state index is 0.112. The number of primary amides is 1. The molecule has 1 fully saturated rings. The van der Waals surface area contributed by atoms with Gasteiger partial charge in [-0.1, -0.05) is 0 Å². The van der Waals surface area contributed by atoms with Crippen LogP contribution in [0.3, 0.4) is 0 Å². The van der Waals surface area contributed by atoms with Crippen molar-refractivity contribution < 1.29 is 14.6 Å². The van der Waals surface area contributed by atoms with Gasteiger partial charge in [0.2, 0.25) is 11.8 Å². The van der Waals surface area contributed by atoms with Crippen LogP contribution in [0.5, 0.6) is 5.88 Å². The average molecular weight is 266 g/mol. The Morgan fingerprint density at radius 1 is 1.58 bits per heavy atom. The number of aliphatic hydroxyl groups excluding tert-OH is 1. The Bertz CT molecular complexity index is 466. The first-order chi connectivity index (χ1) is 9.13. The minimum atomic E-state index is -0.353. The number of nitrogens with two attached hydrogens (primary N) is 2. The average Bonchev–Trinajstić information content (AvgIpc) is 2.87. The van der Waals surface area contributed by atoms with E-state index < -0.39 is 0 Å². The summed E-state index contributed by atoms with van der Waals surface area (Å²) >= 11 is 0. The minimum Gasteiger partial charge on any atom is -0.474 e. The molecule has 2 heterocycles. The van der Waals surface area contributed by atoms with Gasteiger partial charge in [-0.05, 0) is 25.0 Å². The first-order valence-electron chi connectivity index (χ1n) is 6.19. The van der Waals surface area contributed by atoms with Crippen LogP contribution in [0, 0.1) is 0 Å². The summed E-state index contributed by atoms with van der Waals surface area (Å²) in [4.78, 5) is 17.5. The van der Waals surface area contributed by atoms with E-state index in [2.05, 4.69) is 4.98 Å². The molecule has 0 saturated carbocycles. The van der Waals surface area contributed by atoms with Crippen LogP contribution < -0.4 is 21.1 Å². The van der Waals surface area contributed by atoms with Crippen LogP contribution in [0.1, 0.15) is 12.8 Å². The molecule has 0 aromatic carbocycles. The Kier molecular flexibility index (Phi) is 4.06. The molecule has 7 nitrogen and oxygen atoms in total. The number of carbonyl (C=O) groups excluding carboxylic acids is 1. The summed E-state index contributed by atoms with van der Waals surface area (Å²) in [6, 6.07) is 3.08. The maximum absolute atomic E-state index is 11.4. The van der Waals surface area contributed by atoms with Gasteiger partial charge in [0.25, 0.3) is 0 Å². The summed E-state index contributed by atoms with van der Waals surface area (Å²) in [6.45, 7) is 0.739. The van der Waals surface area contributed by atoms with Crippen LogP contribution in [0.4, 0.5) is 11.5 Å². The molecule has 7 heteroatoms. The van der Waals surface area contributed by atoms with Crippen LogP contribution in [0.25, 0.3) is 0 Å². The zero-order valence-electron chi connectivity index (χ0n) is 10.6. The molecule has 1 atom stereocenters. The molecule has 0 spiro atoms. The SMILES string of the molecule is NC(=O)C1CCCN1c1ccc(N)c(OCCO)n1. The number of pyridine rings is 1. The van der Waals surface area contributed by atoms with Gasteiger partial charge in [0.15, 0.2) is 0 Å². The van der Waals surface area contributed by atoms with Crippen LogP contribution in [0.15, 0.2) is 12.1 Å². The number of rotatable bonds is 5. The Labute approximate surface area is 111 Å². The van der Waals surface area contributed by atoms with Crippen LogP contribution in [0.2, 0.25) is 0 Å². The van der Waals surface area contributed by atoms with Crippen molar-refractivity contribution in [2.45, 2.75) is 18.9 Å². The lowest BCUT2D eigenvalue weighted by Crippen LogP contribution is -2.40.